The number of aryl methyl sites for hydroxylation is 1. The molecule has 3 aromatic rings. The summed E-state index contributed by atoms with van der Waals surface area (Å²) in [6, 6.07) is 18.6. The molecule has 0 atom stereocenters. The molecule has 0 aromatic heterocycles. The second-order valence-corrected chi connectivity index (χ2v) is 7.08. The molecule has 31 heavy (non-hydrogen) atoms. The Morgan fingerprint density at radius 2 is 1.48 bits per heavy atom. The van der Waals surface area contributed by atoms with Gasteiger partial charge in [-0.3, -0.25) is 0 Å². The van der Waals surface area contributed by atoms with Crippen molar-refractivity contribution in [3.05, 3.63) is 95.6 Å². The first-order chi connectivity index (χ1) is 15.1. The lowest BCUT2D eigenvalue weighted by Crippen LogP contribution is -2.02. The zero-order valence-electron chi connectivity index (χ0n) is 17.4. The number of hydrogen-bond acceptors (Lipinski definition) is 2. The van der Waals surface area contributed by atoms with Crippen LogP contribution in [0, 0.1) is 11.6 Å². The fourth-order valence-electron chi connectivity index (χ4n) is 3.21. The highest BCUT2D eigenvalue weighted by atomic mass is 19.2. The number of hydrogen-bond donors (Lipinski definition) is 0. The van der Waals surface area contributed by atoms with Crippen LogP contribution in [0.15, 0.2) is 72.8 Å². The molecule has 0 aliphatic carbocycles. The number of rotatable bonds is 10. The van der Waals surface area contributed by atoms with Gasteiger partial charge >= 0.3 is 0 Å². The fraction of sp³-hybridized carbons (Fsp3) is 0.231. The van der Waals surface area contributed by atoms with E-state index in [0.29, 0.717) is 5.75 Å². The summed E-state index contributed by atoms with van der Waals surface area (Å²) in [6.07, 6.45) is 6.23. The van der Waals surface area contributed by atoms with Gasteiger partial charge in [0.05, 0.1) is 7.11 Å². The monoisotopic (exact) mass is 426 g/mol. The van der Waals surface area contributed by atoms with E-state index in [-0.39, 0.29) is 17.9 Å². The molecular weight excluding hydrogens is 401 g/mol. The molecule has 0 saturated carbocycles. The molecule has 162 valence electrons. The van der Waals surface area contributed by atoms with Crippen molar-refractivity contribution >= 4 is 0 Å². The van der Waals surface area contributed by atoms with E-state index in [9.17, 15) is 13.2 Å². The van der Waals surface area contributed by atoms with Gasteiger partial charge in [0.2, 0.25) is 5.82 Å². The Kier molecular flexibility index (Phi) is 8.16. The molecule has 0 spiro atoms. The maximum absolute atomic E-state index is 14.0. The Morgan fingerprint density at radius 1 is 0.806 bits per heavy atom. The minimum absolute atomic E-state index is 0.0820. The summed E-state index contributed by atoms with van der Waals surface area (Å²) < 4.78 is 50.3. The molecule has 2 nitrogen and oxygen atoms in total. The van der Waals surface area contributed by atoms with Gasteiger partial charge in [-0.05, 0) is 60.2 Å². The SMILES string of the molecule is COc1ccc(COc2ccc(-c3ccc(CCCC=CCF)cc3)cc2)c(F)c1F. The van der Waals surface area contributed by atoms with Crippen LogP contribution in [0.2, 0.25) is 0 Å². The molecule has 0 N–H and O–H groups in total. The summed E-state index contributed by atoms with van der Waals surface area (Å²) in [5.41, 5.74) is 3.48. The first kappa shape index (κ1) is 22.5. The van der Waals surface area contributed by atoms with Gasteiger partial charge in [0, 0.05) is 5.56 Å². The molecule has 3 rings (SSSR count). The van der Waals surface area contributed by atoms with Crippen LogP contribution in [0.25, 0.3) is 11.1 Å². The van der Waals surface area contributed by atoms with Gasteiger partial charge in [-0.1, -0.05) is 48.6 Å². The standard InChI is InChI=1S/C26H25F3O2/c1-30-24-16-13-22(25(28)26(24)29)18-31-23-14-11-21(12-15-23)20-9-7-19(8-10-20)6-4-2-3-5-17-27/h3,5,7-16H,2,4,6,17-18H2,1H3. The van der Waals surface area contributed by atoms with Gasteiger partial charge in [-0.25, -0.2) is 8.78 Å². The Balaban J connectivity index is 1.56. The van der Waals surface area contributed by atoms with Crippen LogP contribution < -0.4 is 9.47 Å². The average Bonchev–Trinajstić information content (AvgIpc) is 2.81. The lowest BCUT2D eigenvalue weighted by atomic mass is 10.0. The van der Waals surface area contributed by atoms with Crippen molar-refractivity contribution < 1.29 is 22.6 Å². The number of halogens is 3. The molecule has 0 unspecified atom stereocenters. The molecular formula is C26H25F3O2. The van der Waals surface area contributed by atoms with Gasteiger partial charge in [0.25, 0.3) is 0 Å². The van der Waals surface area contributed by atoms with Crippen LogP contribution in [0.3, 0.4) is 0 Å². The second-order valence-electron chi connectivity index (χ2n) is 7.08. The summed E-state index contributed by atoms with van der Waals surface area (Å²) in [4.78, 5) is 0. The zero-order valence-corrected chi connectivity index (χ0v) is 17.4. The van der Waals surface area contributed by atoms with Crippen molar-refractivity contribution in [3.63, 3.8) is 0 Å². The molecule has 0 saturated heterocycles. The van der Waals surface area contributed by atoms with E-state index in [0.717, 1.165) is 30.4 Å². The van der Waals surface area contributed by atoms with Crippen molar-refractivity contribution in [1.82, 2.24) is 0 Å². The summed E-state index contributed by atoms with van der Waals surface area (Å²) in [5, 5.41) is 0. The zero-order chi connectivity index (χ0) is 22.1. The largest absolute Gasteiger partial charge is 0.494 e. The molecule has 0 aliphatic heterocycles. The molecule has 3 aromatic carbocycles. The number of unbranched alkanes of at least 4 members (excludes halogenated alkanes) is 1. The van der Waals surface area contributed by atoms with Crippen molar-refractivity contribution in [2.75, 3.05) is 13.8 Å². The summed E-state index contributed by atoms with van der Waals surface area (Å²) in [7, 11) is 1.29. The molecule has 0 fully saturated rings. The van der Waals surface area contributed by atoms with Crippen LogP contribution in [0.5, 0.6) is 11.5 Å². The summed E-state index contributed by atoms with van der Waals surface area (Å²) >= 11 is 0. The van der Waals surface area contributed by atoms with Crippen LogP contribution in [-0.4, -0.2) is 13.8 Å². The number of ether oxygens (including phenoxy) is 2. The van der Waals surface area contributed by atoms with Crippen LogP contribution in [0.1, 0.15) is 24.0 Å². The predicted octanol–water partition coefficient (Wildman–Crippen LogP) is 7.07. The van der Waals surface area contributed by atoms with Crippen molar-refractivity contribution in [2.45, 2.75) is 25.9 Å². The number of benzene rings is 3. The average molecular weight is 426 g/mol. The van der Waals surface area contributed by atoms with E-state index in [4.69, 9.17) is 9.47 Å². The Hall–Kier alpha value is -3.21. The first-order valence-corrected chi connectivity index (χ1v) is 10.2. The number of alkyl halides is 1. The topological polar surface area (TPSA) is 18.5 Å². The predicted molar refractivity (Wildman–Crippen MR) is 117 cm³/mol. The molecule has 0 heterocycles. The van der Waals surface area contributed by atoms with Crippen molar-refractivity contribution in [3.8, 4) is 22.6 Å². The first-order valence-electron chi connectivity index (χ1n) is 10.2. The van der Waals surface area contributed by atoms with Crippen LogP contribution in [-0.2, 0) is 13.0 Å². The third kappa shape index (κ3) is 6.14. The highest BCUT2D eigenvalue weighted by Gasteiger charge is 2.14. The Bertz CT molecular complexity index is 996. The normalized spacial score (nSPS) is 11.1. The maximum Gasteiger partial charge on any atom is 0.201 e. The number of allylic oxidation sites excluding steroid dienone is 2. The van der Waals surface area contributed by atoms with E-state index < -0.39 is 18.3 Å². The van der Waals surface area contributed by atoms with Gasteiger partial charge in [-0.15, -0.1) is 0 Å². The van der Waals surface area contributed by atoms with E-state index >= 15 is 0 Å². The fourth-order valence-corrected chi connectivity index (χ4v) is 3.21. The Morgan fingerprint density at radius 3 is 2.13 bits per heavy atom. The third-order valence-electron chi connectivity index (χ3n) is 4.97. The van der Waals surface area contributed by atoms with Crippen molar-refractivity contribution in [2.24, 2.45) is 0 Å². The molecule has 0 amide bonds. The minimum atomic E-state index is -1.02. The third-order valence-corrected chi connectivity index (χ3v) is 4.97. The van der Waals surface area contributed by atoms with Gasteiger partial charge in [0.1, 0.15) is 19.0 Å². The van der Waals surface area contributed by atoms with E-state index in [1.165, 1.54) is 24.8 Å². The van der Waals surface area contributed by atoms with Crippen LogP contribution >= 0.6 is 0 Å². The van der Waals surface area contributed by atoms with E-state index in [2.05, 4.69) is 24.3 Å². The summed E-state index contributed by atoms with van der Waals surface area (Å²) in [6.45, 7) is -0.489. The highest BCUT2D eigenvalue weighted by molar-refractivity contribution is 5.64. The lowest BCUT2D eigenvalue weighted by Gasteiger charge is -2.10. The quantitative estimate of drug-likeness (QED) is 0.255. The molecule has 5 heteroatoms. The molecule has 0 aliphatic rings. The van der Waals surface area contributed by atoms with Gasteiger partial charge in [-0.2, -0.15) is 4.39 Å². The Labute approximate surface area is 180 Å². The molecule has 0 radical (unpaired) electrons. The van der Waals surface area contributed by atoms with E-state index in [1.807, 2.05) is 18.2 Å². The molecule has 0 bridgehead atoms. The second kappa shape index (κ2) is 11.3. The van der Waals surface area contributed by atoms with Gasteiger partial charge < -0.3 is 9.47 Å². The maximum atomic E-state index is 14.0. The van der Waals surface area contributed by atoms with Gasteiger partial charge in [0.15, 0.2) is 11.6 Å². The smallest absolute Gasteiger partial charge is 0.201 e. The van der Waals surface area contributed by atoms with Crippen molar-refractivity contribution in [1.29, 1.82) is 0 Å². The van der Waals surface area contributed by atoms with Crippen LogP contribution in [0.4, 0.5) is 13.2 Å². The van der Waals surface area contributed by atoms with E-state index in [1.54, 1.807) is 18.2 Å². The lowest BCUT2D eigenvalue weighted by molar-refractivity contribution is 0.294. The minimum Gasteiger partial charge on any atom is -0.494 e. The highest BCUT2D eigenvalue weighted by Crippen LogP contribution is 2.26. The summed E-state index contributed by atoms with van der Waals surface area (Å²) in [5.74, 6) is -1.55. The number of methoxy groups -OCH3 is 1.